The Bertz CT molecular complexity index is 346. The first-order chi connectivity index (χ1) is 6.79. The molecule has 1 fully saturated rings. The minimum atomic E-state index is -0.655. The average molecular weight is 190 g/mol. The highest BCUT2D eigenvalue weighted by Gasteiger charge is 2.32. The molecule has 0 N–H and O–H groups in total. The van der Waals surface area contributed by atoms with Gasteiger partial charge < -0.3 is 0 Å². The molecule has 0 amide bonds. The van der Waals surface area contributed by atoms with Gasteiger partial charge in [0.1, 0.15) is 17.5 Å². The summed E-state index contributed by atoms with van der Waals surface area (Å²) in [6, 6.07) is 0. The molecule has 0 radical (unpaired) electrons. The van der Waals surface area contributed by atoms with E-state index in [-0.39, 0.29) is 11.6 Å². The molecule has 1 aliphatic carbocycles. The fraction of sp³-hybridized carbons (Fsp3) is 0.400. The van der Waals surface area contributed by atoms with Crippen LogP contribution in [-0.2, 0) is 9.59 Å². The van der Waals surface area contributed by atoms with Crippen molar-refractivity contribution in [2.24, 2.45) is 0 Å². The maximum absolute atomic E-state index is 11.5. The van der Waals surface area contributed by atoms with E-state index in [2.05, 4.69) is 9.97 Å². The lowest BCUT2D eigenvalue weighted by Gasteiger charge is -2.17. The van der Waals surface area contributed by atoms with Gasteiger partial charge in [-0.05, 0) is 6.42 Å². The Kier molecular flexibility index (Phi) is 2.35. The van der Waals surface area contributed by atoms with Gasteiger partial charge in [-0.15, -0.1) is 0 Å². The molecule has 4 heteroatoms. The van der Waals surface area contributed by atoms with Gasteiger partial charge in [0, 0.05) is 31.4 Å². The van der Waals surface area contributed by atoms with Crippen LogP contribution in [0.4, 0.5) is 0 Å². The summed E-state index contributed by atoms with van der Waals surface area (Å²) in [7, 11) is 0. The SMILES string of the molecule is O=C1CCCC(=O)C1c1cnccn1. The molecule has 0 aromatic carbocycles. The smallest absolute Gasteiger partial charge is 0.149 e. The third kappa shape index (κ3) is 1.55. The number of ketones is 2. The molecular weight excluding hydrogens is 180 g/mol. The van der Waals surface area contributed by atoms with E-state index in [9.17, 15) is 9.59 Å². The Hall–Kier alpha value is -1.58. The summed E-state index contributed by atoms with van der Waals surface area (Å²) in [5, 5.41) is 0. The third-order valence-electron chi connectivity index (χ3n) is 2.37. The minimum Gasteiger partial charge on any atom is -0.298 e. The zero-order valence-corrected chi connectivity index (χ0v) is 7.64. The van der Waals surface area contributed by atoms with Crippen molar-refractivity contribution in [3.63, 3.8) is 0 Å². The Labute approximate surface area is 81.4 Å². The molecule has 14 heavy (non-hydrogen) atoms. The van der Waals surface area contributed by atoms with E-state index in [1.54, 1.807) is 0 Å². The standard InChI is InChI=1S/C10H10N2O2/c13-8-2-1-3-9(14)10(8)7-6-11-4-5-12-7/h4-6,10H,1-3H2. The molecule has 0 aliphatic heterocycles. The van der Waals surface area contributed by atoms with E-state index in [1.807, 2.05) is 0 Å². The maximum atomic E-state index is 11.5. The third-order valence-corrected chi connectivity index (χ3v) is 2.37. The quantitative estimate of drug-likeness (QED) is 0.617. The summed E-state index contributed by atoms with van der Waals surface area (Å²) < 4.78 is 0. The van der Waals surface area contributed by atoms with E-state index in [4.69, 9.17) is 0 Å². The molecule has 4 nitrogen and oxygen atoms in total. The Morgan fingerprint density at radius 3 is 2.43 bits per heavy atom. The van der Waals surface area contributed by atoms with Crippen molar-refractivity contribution in [1.82, 2.24) is 9.97 Å². The number of rotatable bonds is 1. The van der Waals surface area contributed by atoms with Crippen LogP contribution in [0.5, 0.6) is 0 Å². The van der Waals surface area contributed by atoms with Crippen LogP contribution in [0.1, 0.15) is 30.9 Å². The van der Waals surface area contributed by atoms with Gasteiger partial charge in [-0.1, -0.05) is 0 Å². The monoisotopic (exact) mass is 190 g/mol. The Morgan fingerprint density at radius 2 is 1.86 bits per heavy atom. The van der Waals surface area contributed by atoms with Crippen LogP contribution >= 0.6 is 0 Å². The molecular formula is C10H10N2O2. The van der Waals surface area contributed by atoms with Crippen molar-refractivity contribution < 1.29 is 9.59 Å². The van der Waals surface area contributed by atoms with Gasteiger partial charge in [0.15, 0.2) is 0 Å². The van der Waals surface area contributed by atoms with Crippen LogP contribution in [-0.4, -0.2) is 21.5 Å². The minimum absolute atomic E-state index is 0.0262. The van der Waals surface area contributed by atoms with Crippen LogP contribution in [0.25, 0.3) is 0 Å². The second-order valence-corrected chi connectivity index (χ2v) is 3.35. The molecule has 0 saturated heterocycles. The summed E-state index contributed by atoms with van der Waals surface area (Å²) in [5.74, 6) is -0.707. The maximum Gasteiger partial charge on any atom is 0.149 e. The number of hydrogen-bond donors (Lipinski definition) is 0. The molecule has 72 valence electrons. The molecule has 1 aromatic rings. The Balaban J connectivity index is 2.32. The molecule has 0 spiro atoms. The van der Waals surface area contributed by atoms with Crippen molar-refractivity contribution in [3.8, 4) is 0 Å². The zero-order chi connectivity index (χ0) is 9.97. The molecule has 0 unspecified atom stereocenters. The molecule has 1 heterocycles. The summed E-state index contributed by atoms with van der Waals surface area (Å²) in [5.41, 5.74) is 0.488. The van der Waals surface area contributed by atoms with Crippen molar-refractivity contribution in [2.45, 2.75) is 25.2 Å². The molecule has 0 bridgehead atoms. The predicted octanol–water partition coefficient (Wildman–Crippen LogP) is 0.882. The molecule has 0 atom stereocenters. The fourth-order valence-corrected chi connectivity index (χ4v) is 1.69. The fourth-order valence-electron chi connectivity index (χ4n) is 1.69. The Morgan fingerprint density at radius 1 is 1.14 bits per heavy atom. The van der Waals surface area contributed by atoms with Gasteiger partial charge in [-0.25, -0.2) is 0 Å². The number of nitrogens with zero attached hydrogens (tertiary/aromatic N) is 2. The van der Waals surface area contributed by atoms with Crippen LogP contribution in [0.3, 0.4) is 0 Å². The van der Waals surface area contributed by atoms with Crippen molar-refractivity contribution in [1.29, 1.82) is 0 Å². The summed E-state index contributed by atoms with van der Waals surface area (Å²) in [6.45, 7) is 0. The molecule has 1 aromatic heterocycles. The summed E-state index contributed by atoms with van der Waals surface area (Å²) in [4.78, 5) is 30.9. The topological polar surface area (TPSA) is 59.9 Å². The van der Waals surface area contributed by atoms with Crippen LogP contribution in [0.15, 0.2) is 18.6 Å². The van der Waals surface area contributed by atoms with Crippen LogP contribution in [0.2, 0.25) is 0 Å². The second kappa shape index (κ2) is 3.65. The largest absolute Gasteiger partial charge is 0.298 e. The first kappa shape index (κ1) is 8.99. The van der Waals surface area contributed by atoms with Crippen molar-refractivity contribution in [3.05, 3.63) is 24.3 Å². The highest BCUT2D eigenvalue weighted by molar-refractivity contribution is 6.08. The number of carbonyl (C=O) groups excluding carboxylic acids is 2. The van der Waals surface area contributed by atoms with Gasteiger partial charge in [0.25, 0.3) is 0 Å². The van der Waals surface area contributed by atoms with Gasteiger partial charge in [-0.2, -0.15) is 0 Å². The van der Waals surface area contributed by atoms with Crippen LogP contribution < -0.4 is 0 Å². The molecule has 1 aliphatic rings. The first-order valence-electron chi connectivity index (χ1n) is 4.60. The van der Waals surface area contributed by atoms with E-state index < -0.39 is 5.92 Å². The summed E-state index contributed by atoms with van der Waals surface area (Å²) in [6.07, 6.45) is 6.16. The molecule has 2 rings (SSSR count). The lowest BCUT2D eigenvalue weighted by Crippen LogP contribution is -2.27. The predicted molar refractivity (Wildman–Crippen MR) is 48.6 cm³/mol. The van der Waals surface area contributed by atoms with E-state index in [0.717, 1.165) is 0 Å². The van der Waals surface area contributed by atoms with E-state index in [1.165, 1.54) is 18.6 Å². The number of Topliss-reactive ketones (excluding diaryl/α,β-unsaturated/α-hetero) is 2. The summed E-state index contributed by atoms with van der Waals surface area (Å²) >= 11 is 0. The van der Waals surface area contributed by atoms with Gasteiger partial charge in [0.05, 0.1) is 5.69 Å². The number of hydrogen-bond acceptors (Lipinski definition) is 4. The van der Waals surface area contributed by atoms with Crippen LogP contribution in [0, 0.1) is 0 Å². The first-order valence-corrected chi connectivity index (χ1v) is 4.60. The van der Waals surface area contributed by atoms with Crippen molar-refractivity contribution in [2.75, 3.05) is 0 Å². The van der Waals surface area contributed by atoms with Gasteiger partial charge in [-0.3, -0.25) is 19.6 Å². The number of aromatic nitrogens is 2. The second-order valence-electron chi connectivity index (χ2n) is 3.35. The highest BCUT2D eigenvalue weighted by atomic mass is 16.2. The van der Waals surface area contributed by atoms with E-state index >= 15 is 0 Å². The highest BCUT2D eigenvalue weighted by Crippen LogP contribution is 2.24. The average Bonchev–Trinajstić information content (AvgIpc) is 2.19. The normalized spacial score (nSPS) is 18.6. The lowest BCUT2D eigenvalue weighted by atomic mass is 9.85. The molecule has 1 saturated carbocycles. The van der Waals surface area contributed by atoms with Gasteiger partial charge >= 0.3 is 0 Å². The van der Waals surface area contributed by atoms with Crippen molar-refractivity contribution >= 4 is 11.6 Å². The van der Waals surface area contributed by atoms with Gasteiger partial charge in [0.2, 0.25) is 0 Å². The number of carbonyl (C=O) groups is 2. The van der Waals surface area contributed by atoms with E-state index in [0.29, 0.717) is 25.0 Å². The lowest BCUT2D eigenvalue weighted by molar-refractivity contribution is -0.131. The zero-order valence-electron chi connectivity index (χ0n) is 7.64.